The molecule has 0 spiro atoms. The highest BCUT2D eigenvalue weighted by atomic mass is 16.6. The molecule has 1 heterocycles. The third-order valence-corrected chi connectivity index (χ3v) is 10.5. The molecule has 0 unspecified atom stereocenters. The van der Waals surface area contributed by atoms with E-state index in [0.717, 1.165) is 33.4 Å². The van der Waals surface area contributed by atoms with Crippen LogP contribution in [0, 0.1) is 0 Å². The molecule has 0 radical (unpaired) electrons. The molecule has 1 aromatic heterocycles. The Labute approximate surface area is 350 Å². The maximum atomic E-state index is 14.2. The summed E-state index contributed by atoms with van der Waals surface area (Å²) in [6.07, 6.45) is -0.603. The van der Waals surface area contributed by atoms with Gasteiger partial charge in [-0.3, -0.25) is 4.79 Å². The quantitative estimate of drug-likeness (QED) is 0.0634. The zero-order valence-corrected chi connectivity index (χ0v) is 32.8. The Morgan fingerprint density at radius 1 is 0.607 bits per heavy atom. The number of ether oxygens (including phenoxy) is 3. The third kappa shape index (κ3) is 9.58. The number of hydrogen-bond donors (Lipinski definition) is 2. The minimum atomic E-state index is -1.19. The Morgan fingerprint density at radius 2 is 1.18 bits per heavy atom. The van der Waals surface area contributed by atoms with Crippen molar-refractivity contribution in [3.8, 4) is 16.9 Å². The number of alkyl carbamates (subject to hydrolysis) is 1. The van der Waals surface area contributed by atoms with Crippen molar-refractivity contribution in [2.75, 3.05) is 6.61 Å². The molecule has 2 N–H and O–H groups in total. The molecular weight excluding hydrogens is 773 g/mol. The first-order valence-corrected chi connectivity index (χ1v) is 19.8. The van der Waals surface area contributed by atoms with Gasteiger partial charge in [-0.05, 0) is 57.6 Å². The number of benzene rings is 6. The van der Waals surface area contributed by atoms with E-state index in [1.807, 2.05) is 109 Å². The molecule has 2 atom stereocenters. The van der Waals surface area contributed by atoms with Crippen molar-refractivity contribution in [3.05, 3.63) is 208 Å². The van der Waals surface area contributed by atoms with Gasteiger partial charge in [-0.1, -0.05) is 127 Å². The summed E-state index contributed by atoms with van der Waals surface area (Å²) in [5.41, 5.74) is 5.90. The molecule has 7 aromatic rings. The molecule has 11 heteroatoms. The van der Waals surface area contributed by atoms with Crippen LogP contribution in [0.4, 0.5) is 4.79 Å². The average Bonchev–Trinajstić information content (AvgIpc) is 3.61. The van der Waals surface area contributed by atoms with Gasteiger partial charge in [0, 0.05) is 41.8 Å². The largest absolute Gasteiger partial charge is 0.459 e. The Hall–Kier alpha value is -7.79. The second-order valence-electron chi connectivity index (χ2n) is 14.6. The molecule has 2 amide bonds. The minimum Gasteiger partial charge on any atom is -0.459 e. The number of esters is 2. The standard InChI is InChI=1S/C50H40N2O9/c53-46-28-35(37-25-24-36(29-45(37)61-46)60-48(55)34-18-8-3-9-19-34)30-58-49(56)44(27-33-16-6-2-7-17-33)51-47(54)43(26-32-14-4-1-5-15-32)52-50(57)59-31-42-40-22-12-10-20-38(40)39-21-11-13-23-41(39)42/h1-25,28-29,42-44H,26-27,30-31H2,(H,51,54)(H,52,57)/t43-,44-/m0/s1. The molecule has 1 aliphatic rings. The molecule has 1 aliphatic carbocycles. The maximum absolute atomic E-state index is 14.2. The topological polar surface area (TPSA) is 150 Å². The summed E-state index contributed by atoms with van der Waals surface area (Å²) in [5, 5.41) is 6.03. The number of hydrogen-bond acceptors (Lipinski definition) is 9. The van der Waals surface area contributed by atoms with E-state index < -0.39 is 41.6 Å². The van der Waals surface area contributed by atoms with E-state index in [4.69, 9.17) is 18.6 Å². The number of rotatable bonds is 14. The van der Waals surface area contributed by atoms with E-state index >= 15 is 0 Å². The Morgan fingerprint density at radius 3 is 1.82 bits per heavy atom. The van der Waals surface area contributed by atoms with Crippen molar-refractivity contribution < 1.29 is 37.8 Å². The van der Waals surface area contributed by atoms with E-state index in [0.29, 0.717) is 16.5 Å². The van der Waals surface area contributed by atoms with Crippen LogP contribution < -0.4 is 21.0 Å². The summed E-state index contributed by atoms with van der Waals surface area (Å²) in [5.74, 6) is -2.01. The van der Waals surface area contributed by atoms with E-state index in [1.165, 1.54) is 12.1 Å². The van der Waals surface area contributed by atoms with Crippen molar-refractivity contribution in [1.82, 2.24) is 10.6 Å². The van der Waals surface area contributed by atoms with Crippen LogP contribution in [-0.2, 0) is 38.5 Å². The van der Waals surface area contributed by atoms with Gasteiger partial charge in [-0.25, -0.2) is 19.2 Å². The average molecular weight is 813 g/mol. The Balaban J connectivity index is 0.979. The summed E-state index contributed by atoms with van der Waals surface area (Å²) < 4.78 is 22.5. The first-order valence-electron chi connectivity index (χ1n) is 19.8. The van der Waals surface area contributed by atoms with Crippen molar-refractivity contribution in [3.63, 3.8) is 0 Å². The van der Waals surface area contributed by atoms with Gasteiger partial charge in [0.2, 0.25) is 5.91 Å². The molecule has 0 fully saturated rings. The number of carbonyl (C=O) groups is 4. The van der Waals surface area contributed by atoms with Crippen LogP contribution in [0.1, 0.15) is 44.1 Å². The number of nitrogens with one attached hydrogen (secondary N) is 2. The fourth-order valence-electron chi connectivity index (χ4n) is 7.54. The number of carbonyl (C=O) groups excluding carboxylic acids is 4. The first-order chi connectivity index (χ1) is 29.8. The lowest BCUT2D eigenvalue weighted by Gasteiger charge is -2.23. The fourth-order valence-corrected chi connectivity index (χ4v) is 7.54. The maximum Gasteiger partial charge on any atom is 0.407 e. The van der Waals surface area contributed by atoms with Crippen LogP contribution in [-0.4, -0.2) is 42.6 Å². The van der Waals surface area contributed by atoms with Crippen LogP contribution >= 0.6 is 0 Å². The highest BCUT2D eigenvalue weighted by Crippen LogP contribution is 2.44. The zero-order chi connectivity index (χ0) is 42.1. The summed E-state index contributed by atoms with van der Waals surface area (Å²) in [7, 11) is 0. The van der Waals surface area contributed by atoms with Gasteiger partial charge in [-0.15, -0.1) is 0 Å². The molecule has 61 heavy (non-hydrogen) atoms. The normalized spacial score (nSPS) is 12.7. The van der Waals surface area contributed by atoms with Gasteiger partial charge in [0.1, 0.15) is 36.6 Å². The van der Waals surface area contributed by atoms with Gasteiger partial charge >= 0.3 is 23.7 Å². The number of amides is 2. The lowest BCUT2D eigenvalue weighted by atomic mass is 9.98. The zero-order valence-electron chi connectivity index (χ0n) is 32.8. The molecule has 0 saturated carbocycles. The van der Waals surface area contributed by atoms with Crippen molar-refractivity contribution in [1.29, 1.82) is 0 Å². The second-order valence-corrected chi connectivity index (χ2v) is 14.6. The molecule has 11 nitrogen and oxygen atoms in total. The van der Waals surface area contributed by atoms with Gasteiger partial charge in [-0.2, -0.15) is 0 Å². The van der Waals surface area contributed by atoms with Crippen molar-refractivity contribution in [2.24, 2.45) is 0 Å². The third-order valence-electron chi connectivity index (χ3n) is 10.5. The highest BCUT2D eigenvalue weighted by Gasteiger charge is 2.32. The molecule has 6 aromatic carbocycles. The minimum absolute atomic E-state index is 0.0508. The van der Waals surface area contributed by atoms with Crippen LogP contribution in [0.5, 0.6) is 5.75 Å². The van der Waals surface area contributed by atoms with Crippen LogP contribution in [0.15, 0.2) is 173 Å². The van der Waals surface area contributed by atoms with Crippen molar-refractivity contribution in [2.45, 2.75) is 37.5 Å². The van der Waals surface area contributed by atoms with Gasteiger partial charge in [0.05, 0.1) is 5.56 Å². The summed E-state index contributed by atoms with van der Waals surface area (Å²) in [6, 6.07) is 46.2. The van der Waals surface area contributed by atoms with E-state index in [1.54, 1.807) is 42.5 Å². The summed E-state index contributed by atoms with van der Waals surface area (Å²) in [4.78, 5) is 66.9. The van der Waals surface area contributed by atoms with Gasteiger partial charge < -0.3 is 29.3 Å². The lowest BCUT2D eigenvalue weighted by molar-refractivity contribution is -0.149. The Bertz CT molecular complexity index is 2710. The molecule has 0 bridgehead atoms. The van der Waals surface area contributed by atoms with Crippen molar-refractivity contribution >= 4 is 34.9 Å². The fraction of sp³-hybridized carbons (Fsp3) is 0.140. The Kier molecular flexibility index (Phi) is 12.1. The first kappa shape index (κ1) is 40.0. The monoisotopic (exact) mass is 812 g/mol. The van der Waals surface area contributed by atoms with Crippen LogP contribution in [0.2, 0.25) is 0 Å². The summed E-state index contributed by atoms with van der Waals surface area (Å²) >= 11 is 0. The number of fused-ring (bicyclic) bond motifs is 4. The SMILES string of the molecule is O=C(N[C@@H](Cc1ccccc1)C(=O)N[C@@H](Cc1ccccc1)C(=O)OCc1cc(=O)oc2cc(OC(=O)c3ccccc3)ccc12)OCC1c2ccccc2-c2ccccc21. The lowest BCUT2D eigenvalue weighted by Crippen LogP contribution is -2.53. The highest BCUT2D eigenvalue weighted by molar-refractivity contribution is 5.92. The predicted octanol–water partition coefficient (Wildman–Crippen LogP) is 7.93. The predicted molar refractivity (Wildman–Crippen MR) is 228 cm³/mol. The second kappa shape index (κ2) is 18.4. The molecule has 304 valence electrons. The summed E-state index contributed by atoms with van der Waals surface area (Å²) in [6.45, 7) is -0.286. The van der Waals surface area contributed by atoms with E-state index in [9.17, 15) is 24.0 Å². The molecular formula is C50H40N2O9. The smallest absolute Gasteiger partial charge is 0.407 e. The van der Waals surface area contributed by atoms with E-state index in [2.05, 4.69) is 10.6 Å². The van der Waals surface area contributed by atoms with Crippen LogP contribution in [0.25, 0.3) is 22.1 Å². The van der Waals surface area contributed by atoms with Gasteiger partial charge in [0.25, 0.3) is 0 Å². The van der Waals surface area contributed by atoms with Crippen LogP contribution in [0.3, 0.4) is 0 Å². The van der Waals surface area contributed by atoms with Gasteiger partial charge in [0.15, 0.2) is 0 Å². The molecule has 0 aliphatic heterocycles. The van der Waals surface area contributed by atoms with E-state index in [-0.39, 0.29) is 43.3 Å². The molecule has 0 saturated heterocycles. The molecule has 8 rings (SSSR count).